The molecule has 0 fully saturated rings. The van der Waals surface area contributed by atoms with Gasteiger partial charge < -0.3 is 15.4 Å². The number of urea groups is 1. The Balaban J connectivity index is 1.47. The van der Waals surface area contributed by atoms with Crippen LogP contribution in [0, 0.1) is 0 Å². The van der Waals surface area contributed by atoms with E-state index < -0.39 is 21.9 Å². The number of halogens is 2. The molecule has 1 heterocycles. The van der Waals surface area contributed by atoms with Crippen LogP contribution in [0.5, 0.6) is 5.75 Å². The molecule has 0 saturated carbocycles. The molecule has 1 aliphatic rings. The zero-order chi connectivity index (χ0) is 26.0. The maximum absolute atomic E-state index is 13.1. The van der Waals surface area contributed by atoms with Gasteiger partial charge in [-0.05, 0) is 54.4 Å². The first-order chi connectivity index (χ1) is 17.1. The van der Waals surface area contributed by atoms with Crippen LogP contribution in [-0.2, 0) is 28.7 Å². The lowest BCUT2D eigenvalue weighted by molar-refractivity contribution is 0.249. The zero-order valence-corrected chi connectivity index (χ0v) is 22.5. The van der Waals surface area contributed by atoms with Crippen molar-refractivity contribution in [3.63, 3.8) is 0 Å². The number of hydrogen-bond acceptors (Lipinski definition) is 5. The van der Waals surface area contributed by atoms with Gasteiger partial charge in [-0.15, -0.1) is 0 Å². The van der Waals surface area contributed by atoms with Gasteiger partial charge in [-0.25, -0.2) is 13.2 Å². The van der Waals surface area contributed by atoms with Crippen LogP contribution < -0.4 is 15.4 Å². The van der Waals surface area contributed by atoms with Crippen LogP contribution in [0.2, 0.25) is 10.0 Å². The summed E-state index contributed by atoms with van der Waals surface area (Å²) in [6.45, 7) is 3.45. The number of nitrogens with one attached hydrogen (secondary N) is 2. The zero-order valence-electron chi connectivity index (χ0n) is 20.1. The fraction of sp³-hybridized carbons (Fsp3) is 0.269. The Kier molecular flexibility index (Phi) is 7.80. The van der Waals surface area contributed by atoms with E-state index in [0.717, 1.165) is 24.2 Å². The number of rotatable bonds is 7. The molecule has 1 unspecified atom stereocenters. The van der Waals surface area contributed by atoms with E-state index in [1.54, 1.807) is 25.1 Å². The number of methoxy groups -OCH3 is 1. The fourth-order valence-corrected chi connectivity index (χ4v) is 6.09. The summed E-state index contributed by atoms with van der Waals surface area (Å²) in [5.41, 5.74) is 4.12. The van der Waals surface area contributed by atoms with Crippen molar-refractivity contribution in [2.45, 2.75) is 36.7 Å². The van der Waals surface area contributed by atoms with Crippen molar-refractivity contribution >= 4 is 44.8 Å². The molecule has 3 aromatic carbocycles. The maximum Gasteiger partial charge on any atom is 0.319 e. The van der Waals surface area contributed by atoms with Crippen molar-refractivity contribution in [3.05, 3.63) is 86.9 Å². The molecule has 2 N–H and O–H groups in total. The number of carbonyl (C=O) groups excluding carboxylic acids is 1. The molecule has 0 saturated heterocycles. The SMILES string of the molecule is COc1cc(S(=O)(=O)Cc2ccc3c(c2)CN(C)C3)ccc1NC(=O)NC(C)c1cccc(Cl)c1Cl. The summed E-state index contributed by atoms with van der Waals surface area (Å²) in [6.07, 6.45) is 0. The molecule has 0 radical (unpaired) electrons. The summed E-state index contributed by atoms with van der Waals surface area (Å²) in [5, 5.41) is 6.27. The van der Waals surface area contributed by atoms with Crippen LogP contribution >= 0.6 is 23.2 Å². The molecule has 1 aliphatic heterocycles. The number of anilines is 1. The summed E-state index contributed by atoms with van der Waals surface area (Å²) in [7, 11) is -0.185. The molecule has 190 valence electrons. The van der Waals surface area contributed by atoms with E-state index in [4.69, 9.17) is 27.9 Å². The first-order valence-corrected chi connectivity index (χ1v) is 13.7. The summed E-state index contributed by atoms with van der Waals surface area (Å²) in [5.74, 6) is 0.105. The van der Waals surface area contributed by atoms with Gasteiger partial charge in [0, 0.05) is 19.2 Å². The van der Waals surface area contributed by atoms with Gasteiger partial charge in [-0.2, -0.15) is 0 Å². The fourth-order valence-electron chi connectivity index (χ4n) is 4.27. The molecular formula is C26H27Cl2N3O4S. The molecule has 0 aliphatic carbocycles. The average molecular weight is 548 g/mol. The van der Waals surface area contributed by atoms with Crippen LogP contribution in [-0.4, -0.2) is 33.5 Å². The van der Waals surface area contributed by atoms with Crippen molar-refractivity contribution in [2.24, 2.45) is 0 Å². The van der Waals surface area contributed by atoms with Crippen LogP contribution in [0.4, 0.5) is 10.5 Å². The van der Waals surface area contributed by atoms with Gasteiger partial charge in [0.25, 0.3) is 0 Å². The van der Waals surface area contributed by atoms with Crippen LogP contribution in [0.1, 0.15) is 35.2 Å². The van der Waals surface area contributed by atoms with Crippen LogP contribution in [0.15, 0.2) is 59.5 Å². The first kappa shape index (κ1) is 26.3. The predicted molar refractivity (Wildman–Crippen MR) is 143 cm³/mol. The molecule has 0 bridgehead atoms. The lowest BCUT2D eigenvalue weighted by Gasteiger charge is -2.18. The van der Waals surface area contributed by atoms with Crippen molar-refractivity contribution in [1.82, 2.24) is 10.2 Å². The molecule has 1 atom stereocenters. The standard InChI is InChI=1S/C26H27Cl2N3O4S/c1-16(21-5-4-6-22(27)25(21)28)29-26(32)30-23-10-9-20(12-24(23)35-3)36(33,34)15-17-7-8-18-13-31(2)14-19(18)11-17/h4-12,16H,13-15H2,1-3H3,(H2,29,30,32). The third-order valence-electron chi connectivity index (χ3n) is 6.08. The first-order valence-electron chi connectivity index (χ1n) is 11.3. The Hall–Kier alpha value is -2.78. The molecule has 0 spiro atoms. The van der Waals surface area contributed by atoms with Crippen molar-refractivity contribution in [3.8, 4) is 5.75 Å². The van der Waals surface area contributed by atoms with E-state index in [-0.39, 0.29) is 16.4 Å². The number of fused-ring (bicyclic) bond motifs is 1. The van der Waals surface area contributed by atoms with Gasteiger partial charge in [0.2, 0.25) is 0 Å². The van der Waals surface area contributed by atoms with E-state index in [9.17, 15) is 13.2 Å². The summed E-state index contributed by atoms with van der Waals surface area (Å²) in [4.78, 5) is 14.9. The molecule has 3 aromatic rings. The highest BCUT2D eigenvalue weighted by Gasteiger charge is 2.22. The minimum Gasteiger partial charge on any atom is -0.495 e. The molecule has 0 aromatic heterocycles. The highest BCUT2D eigenvalue weighted by molar-refractivity contribution is 7.90. The van der Waals surface area contributed by atoms with Crippen molar-refractivity contribution < 1.29 is 17.9 Å². The lowest BCUT2D eigenvalue weighted by atomic mass is 10.1. The molecule has 36 heavy (non-hydrogen) atoms. The van der Waals surface area contributed by atoms with Gasteiger partial charge in [0.1, 0.15) is 5.75 Å². The third kappa shape index (κ3) is 5.78. The van der Waals surface area contributed by atoms with Crippen molar-refractivity contribution in [1.29, 1.82) is 0 Å². The van der Waals surface area contributed by atoms with E-state index in [0.29, 0.717) is 21.3 Å². The van der Waals surface area contributed by atoms with E-state index in [1.165, 1.54) is 30.9 Å². The summed E-state index contributed by atoms with van der Waals surface area (Å²) >= 11 is 12.3. The number of nitrogens with zero attached hydrogens (tertiary/aromatic N) is 1. The second kappa shape index (κ2) is 10.7. The van der Waals surface area contributed by atoms with E-state index in [2.05, 4.69) is 15.5 Å². The second-order valence-electron chi connectivity index (χ2n) is 8.86. The van der Waals surface area contributed by atoms with Crippen LogP contribution in [0.3, 0.4) is 0 Å². The maximum atomic E-state index is 13.1. The number of benzene rings is 3. The Bertz CT molecular complexity index is 1410. The summed E-state index contributed by atoms with van der Waals surface area (Å²) < 4.78 is 31.7. The van der Waals surface area contributed by atoms with Gasteiger partial charge in [-0.1, -0.05) is 53.5 Å². The second-order valence-corrected chi connectivity index (χ2v) is 11.6. The minimum absolute atomic E-state index is 0.113. The lowest BCUT2D eigenvalue weighted by Crippen LogP contribution is -2.31. The number of ether oxygens (including phenoxy) is 1. The molecule has 4 rings (SSSR count). The number of carbonyl (C=O) groups is 1. The topological polar surface area (TPSA) is 87.7 Å². The number of amides is 2. The normalized spacial score (nSPS) is 14.2. The predicted octanol–water partition coefficient (Wildman–Crippen LogP) is 5.80. The molecule has 2 amide bonds. The summed E-state index contributed by atoms with van der Waals surface area (Å²) in [6, 6.07) is 14.5. The average Bonchev–Trinajstić information content (AvgIpc) is 3.19. The minimum atomic E-state index is -3.64. The van der Waals surface area contributed by atoms with E-state index in [1.807, 2.05) is 25.2 Å². The van der Waals surface area contributed by atoms with Gasteiger partial charge in [-0.3, -0.25) is 4.90 Å². The Morgan fingerprint density at radius 3 is 2.58 bits per heavy atom. The number of hydrogen-bond donors (Lipinski definition) is 2. The van der Waals surface area contributed by atoms with Gasteiger partial charge in [0.15, 0.2) is 9.84 Å². The Morgan fingerprint density at radius 1 is 1.08 bits per heavy atom. The quantitative estimate of drug-likeness (QED) is 0.390. The Morgan fingerprint density at radius 2 is 1.83 bits per heavy atom. The number of sulfone groups is 1. The van der Waals surface area contributed by atoms with Crippen molar-refractivity contribution in [2.75, 3.05) is 19.5 Å². The highest BCUT2D eigenvalue weighted by Crippen LogP contribution is 2.32. The molecule has 10 heteroatoms. The van der Waals surface area contributed by atoms with Gasteiger partial charge >= 0.3 is 6.03 Å². The smallest absolute Gasteiger partial charge is 0.319 e. The van der Waals surface area contributed by atoms with Gasteiger partial charge in [0.05, 0.1) is 39.5 Å². The largest absolute Gasteiger partial charge is 0.495 e. The Labute approximate surface area is 221 Å². The van der Waals surface area contributed by atoms with E-state index >= 15 is 0 Å². The molecular weight excluding hydrogens is 521 g/mol. The molecule has 7 nitrogen and oxygen atoms in total. The monoisotopic (exact) mass is 547 g/mol. The van der Waals surface area contributed by atoms with Crippen LogP contribution in [0.25, 0.3) is 0 Å². The highest BCUT2D eigenvalue weighted by atomic mass is 35.5. The third-order valence-corrected chi connectivity index (χ3v) is 8.60.